The van der Waals surface area contributed by atoms with Crippen LogP contribution in [0.4, 0.5) is 10.5 Å². The maximum Gasteiger partial charge on any atom is 0.408 e. The molecule has 0 bridgehead atoms. The van der Waals surface area contributed by atoms with Crippen LogP contribution in [-0.2, 0) is 29.1 Å². The molecular formula is C43H56N6O9S. The highest BCUT2D eigenvalue weighted by Crippen LogP contribution is 2.53. The first-order valence-corrected chi connectivity index (χ1v) is 22.9. The van der Waals surface area contributed by atoms with Crippen molar-refractivity contribution in [3.8, 4) is 11.6 Å². The quantitative estimate of drug-likeness (QED) is 0.340. The zero-order chi connectivity index (χ0) is 41.4. The maximum absolute atomic E-state index is 15.0. The fourth-order valence-electron chi connectivity index (χ4n) is 9.96. The van der Waals surface area contributed by atoms with E-state index in [1.165, 1.54) is 11.3 Å². The summed E-state index contributed by atoms with van der Waals surface area (Å²) in [4.78, 5) is 65.3. The molecule has 4 amide bonds. The van der Waals surface area contributed by atoms with E-state index in [0.29, 0.717) is 55.4 Å². The third kappa shape index (κ3) is 7.58. The van der Waals surface area contributed by atoms with Crippen molar-refractivity contribution in [3.63, 3.8) is 0 Å². The second-order valence-electron chi connectivity index (χ2n) is 18.7. The number of carbonyl (C=O) groups excluding carboxylic acids is 4. The first kappa shape index (κ1) is 39.8. The van der Waals surface area contributed by atoms with Gasteiger partial charge in [0, 0.05) is 36.4 Å². The molecule has 3 aliphatic heterocycles. The number of rotatable bonds is 7. The number of amides is 4. The molecule has 15 nitrogen and oxygen atoms in total. The Bertz CT molecular complexity index is 2190. The first-order valence-electron chi connectivity index (χ1n) is 21.4. The summed E-state index contributed by atoms with van der Waals surface area (Å²) in [5.41, 5.74) is -0.573. The smallest absolute Gasteiger partial charge is 0.408 e. The Kier molecular flexibility index (Phi) is 10.0. The van der Waals surface area contributed by atoms with Crippen LogP contribution in [0.3, 0.4) is 0 Å². The number of pyridine rings is 1. The van der Waals surface area contributed by atoms with Gasteiger partial charge in [-0.1, -0.05) is 26.0 Å². The average molecular weight is 833 g/mol. The van der Waals surface area contributed by atoms with Gasteiger partial charge in [0.15, 0.2) is 5.75 Å². The third-order valence-electron chi connectivity index (χ3n) is 14.2. The van der Waals surface area contributed by atoms with Gasteiger partial charge in [0.05, 0.1) is 23.5 Å². The lowest BCUT2D eigenvalue weighted by Crippen LogP contribution is -2.59. The minimum atomic E-state index is -4.00. The van der Waals surface area contributed by atoms with Crippen molar-refractivity contribution >= 4 is 50.3 Å². The first-order chi connectivity index (χ1) is 28.1. The van der Waals surface area contributed by atoms with Gasteiger partial charge < -0.3 is 34.6 Å². The summed E-state index contributed by atoms with van der Waals surface area (Å²) in [6.45, 7) is 6.93. The second kappa shape index (κ2) is 14.8. The summed E-state index contributed by atoms with van der Waals surface area (Å²) < 4.78 is 46.3. The number of sulfonamides is 1. The van der Waals surface area contributed by atoms with Crippen molar-refractivity contribution in [1.82, 2.24) is 25.2 Å². The highest BCUT2D eigenvalue weighted by Gasteiger charge is 2.63. The Balaban J connectivity index is 1.03. The van der Waals surface area contributed by atoms with Gasteiger partial charge in [0.2, 0.25) is 27.7 Å². The van der Waals surface area contributed by atoms with Crippen LogP contribution in [0.2, 0.25) is 0 Å². The number of hydrogen-bond donors (Lipinski definition) is 3. The predicted molar refractivity (Wildman–Crippen MR) is 218 cm³/mol. The molecule has 1 saturated heterocycles. The SMILES string of the molecule is C[C@@H]1CC/C=C\C2C[C@@]2(C(=O)NS(=O)(=O)C2(C)CC2)NC(=O)[C@@H]2C[C@@H](Oc3nccc4c5c(ccc34)N(C)CCO5)CN2C(=O)[C@@H](NC(=O)O[C@@H]2C[C@@H]3C[C@@H]3C2)[C@H](C)C1. The van der Waals surface area contributed by atoms with Crippen LogP contribution in [0, 0.1) is 29.6 Å². The van der Waals surface area contributed by atoms with Crippen molar-refractivity contribution in [1.29, 1.82) is 0 Å². The van der Waals surface area contributed by atoms with Gasteiger partial charge in [-0.25, -0.2) is 18.2 Å². The molecule has 0 radical (unpaired) electrons. The number of fused-ring (bicyclic) bond motifs is 6. The summed E-state index contributed by atoms with van der Waals surface area (Å²) in [6, 6.07) is 3.63. The fraction of sp³-hybridized carbons (Fsp3) is 0.651. The zero-order valence-corrected chi connectivity index (χ0v) is 35.1. The molecule has 1 aromatic heterocycles. The normalized spacial score (nSPS) is 35.3. The summed E-state index contributed by atoms with van der Waals surface area (Å²) in [5.74, 6) is -0.185. The number of aromatic nitrogens is 1. The van der Waals surface area contributed by atoms with Gasteiger partial charge in [-0.2, -0.15) is 0 Å². The van der Waals surface area contributed by atoms with Crippen molar-refractivity contribution in [2.45, 2.75) is 120 Å². The summed E-state index contributed by atoms with van der Waals surface area (Å²) in [5, 5.41) is 7.40. The topological polar surface area (TPSA) is 186 Å². The molecule has 4 heterocycles. The third-order valence-corrected chi connectivity index (χ3v) is 16.4. The van der Waals surface area contributed by atoms with E-state index in [0.717, 1.165) is 42.6 Å². The van der Waals surface area contributed by atoms with Crippen LogP contribution < -0.4 is 29.7 Å². The lowest BCUT2D eigenvalue weighted by atomic mass is 9.88. The van der Waals surface area contributed by atoms with Crippen LogP contribution in [-0.4, -0.2) is 103 Å². The second-order valence-corrected chi connectivity index (χ2v) is 20.9. The largest absolute Gasteiger partial charge is 0.489 e. The van der Waals surface area contributed by atoms with Gasteiger partial charge in [-0.05, 0) is 107 Å². The fourth-order valence-corrected chi connectivity index (χ4v) is 11.3. The van der Waals surface area contributed by atoms with Gasteiger partial charge in [0.25, 0.3) is 5.91 Å². The van der Waals surface area contributed by atoms with Gasteiger partial charge >= 0.3 is 6.09 Å². The Hall–Kier alpha value is -4.60. The molecule has 4 aliphatic carbocycles. The molecule has 5 fully saturated rings. The van der Waals surface area contributed by atoms with Crippen molar-refractivity contribution in [3.05, 3.63) is 36.5 Å². The van der Waals surface area contributed by atoms with Crippen LogP contribution in [0.15, 0.2) is 36.5 Å². The van der Waals surface area contributed by atoms with Crippen molar-refractivity contribution in [2.24, 2.45) is 29.6 Å². The van der Waals surface area contributed by atoms with E-state index in [4.69, 9.17) is 14.2 Å². The monoisotopic (exact) mass is 832 g/mol. The van der Waals surface area contributed by atoms with E-state index in [1.807, 2.05) is 44.3 Å². The number of nitrogens with one attached hydrogen (secondary N) is 3. The van der Waals surface area contributed by atoms with E-state index in [1.54, 1.807) is 13.1 Å². The minimum Gasteiger partial charge on any atom is -0.489 e. The molecule has 4 saturated carbocycles. The van der Waals surface area contributed by atoms with Crippen LogP contribution in [0.25, 0.3) is 10.8 Å². The Morgan fingerprint density at radius 1 is 1.02 bits per heavy atom. The molecule has 59 heavy (non-hydrogen) atoms. The number of allylic oxidation sites excluding steroid dienone is 1. The van der Waals surface area contributed by atoms with Gasteiger partial charge in [-0.15, -0.1) is 0 Å². The number of nitrogens with zero attached hydrogens (tertiary/aromatic N) is 3. The molecule has 10 atom stereocenters. The average Bonchev–Trinajstić information content (AvgIpc) is 4.15. The molecule has 3 N–H and O–H groups in total. The van der Waals surface area contributed by atoms with Crippen molar-refractivity contribution < 1.29 is 41.8 Å². The molecule has 16 heteroatoms. The number of hydrogen-bond acceptors (Lipinski definition) is 11. The number of benzene rings is 1. The molecule has 7 aliphatic rings. The van der Waals surface area contributed by atoms with Crippen molar-refractivity contribution in [2.75, 3.05) is 31.6 Å². The highest BCUT2D eigenvalue weighted by molar-refractivity contribution is 7.91. The molecule has 0 spiro atoms. The molecule has 1 unspecified atom stereocenters. The minimum absolute atomic E-state index is 0.00405. The Morgan fingerprint density at radius 2 is 1.80 bits per heavy atom. The van der Waals surface area contributed by atoms with Crippen LogP contribution in [0.1, 0.15) is 85.0 Å². The number of alkyl carbamates (subject to hydrolysis) is 1. The number of carbonyl (C=O) groups is 4. The van der Waals surface area contributed by atoms with Crippen LogP contribution >= 0.6 is 0 Å². The predicted octanol–water partition coefficient (Wildman–Crippen LogP) is 4.19. The Labute approximate surface area is 345 Å². The summed E-state index contributed by atoms with van der Waals surface area (Å²) in [7, 11) is -1.99. The van der Waals surface area contributed by atoms with Gasteiger partial charge in [0.1, 0.15) is 36.4 Å². The van der Waals surface area contributed by atoms with E-state index < -0.39 is 68.2 Å². The molecule has 1 aromatic carbocycles. The molecule has 318 valence electrons. The van der Waals surface area contributed by atoms with E-state index in [2.05, 4.69) is 32.2 Å². The maximum atomic E-state index is 15.0. The molecule has 2 aromatic rings. The van der Waals surface area contributed by atoms with E-state index in [-0.39, 0.29) is 37.3 Å². The number of anilines is 1. The Morgan fingerprint density at radius 3 is 2.56 bits per heavy atom. The highest BCUT2D eigenvalue weighted by atomic mass is 32.2. The standard InChI is InChI=1S/C43H56N6O9S/c1-24-7-5-6-8-28-22-43(28,40(52)47-59(54,55)42(3)12-13-42)46-37(50)34-21-30(57-38-32-9-10-33-36(31(32)11-14-44-38)56-16-15-48(33)4)23-49(34)39(51)35(25(2)17-24)45-41(53)58-29-19-26-18-27(26)20-29/h6,8-11,14,24-30,34-35H,5,7,12-13,15-23H2,1-4H3,(H,45,53)(H,46,50)(H,47,52)/b8-6-/t24-,25-,26-,27+,28?,29+,30-,34+,35+,43-/m1/s1. The summed E-state index contributed by atoms with van der Waals surface area (Å²) in [6.07, 6.45) is 10.1. The summed E-state index contributed by atoms with van der Waals surface area (Å²) >= 11 is 0. The molecule has 9 rings (SSSR count). The van der Waals surface area contributed by atoms with Gasteiger partial charge in [-0.3, -0.25) is 19.1 Å². The van der Waals surface area contributed by atoms with Crippen LogP contribution in [0.5, 0.6) is 11.6 Å². The number of likely N-dealkylation sites (N-methyl/N-ethyl adjacent to an activating group) is 1. The lowest BCUT2D eigenvalue weighted by Gasteiger charge is -2.33. The number of ether oxygens (including phenoxy) is 3. The lowest BCUT2D eigenvalue weighted by molar-refractivity contribution is -0.142. The van der Waals surface area contributed by atoms with E-state index >= 15 is 0 Å². The zero-order valence-electron chi connectivity index (χ0n) is 34.3. The molecular weight excluding hydrogens is 777 g/mol. The van der Waals surface area contributed by atoms with E-state index in [9.17, 15) is 27.6 Å².